The van der Waals surface area contributed by atoms with Crippen LogP contribution in [0.15, 0.2) is 12.1 Å². The minimum Gasteiger partial charge on any atom is -0.479 e. The van der Waals surface area contributed by atoms with E-state index in [1.807, 2.05) is 0 Å². The van der Waals surface area contributed by atoms with Crippen LogP contribution in [0.3, 0.4) is 0 Å². The number of aromatic nitrogens is 1. The fourth-order valence-electron chi connectivity index (χ4n) is 2.76. The minimum atomic E-state index is -1.02. The Morgan fingerprint density at radius 2 is 1.73 bits per heavy atom. The van der Waals surface area contributed by atoms with Crippen LogP contribution in [0, 0.1) is 5.92 Å². The Kier molecular flexibility index (Phi) is 6.76. The predicted molar refractivity (Wildman–Crippen MR) is 89.8 cm³/mol. The summed E-state index contributed by atoms with van der Waals surface area (Å²) in [4.78, 5) is 38.5. The van der Waals surface area contributed by atoms with Crippen LogP contribution in [0.1, 0.15) is 25.7 Å². The first-order valence-corrected chi connectivity index (χ1v) is 8.17. The number of carbonyl (C=O) groups is 3. The Hall–Kier alpha value is -2.84. The molecule has 0 radical (unpaired) electrons. The summed E-state index contributed by atoms with van der Waals surface area (Å²) in [6.07, 6.45) is 2.75. The maximum atomic E-state index is 11.6. The number of ether oxygens (including phenoxy) is 4. The summed E-state index contributed by atoms with van der Waals surface area (Å²) in [5.74, 6) is -1.77. The molecular formula is C17H22N2O7. The zero-order valence-corrected chi connectivity index (χ0v) is 14.9. The standard InChI is InChI=1S/C17H22N2O7/c1-23-15-12(18-14(20)17(22)25-3)8-9-13(19-15)26-11-6-4-10(5-7-11)16(21)24-2/h8-11H,4-7H2,1-3H3,(H,18,20)/t10-,11-. The maximum absolute atomic E-state index is 11.6. The monoisotopic (exact) mass is 366 g/mol. The Morgan fingerprint density at radius 1 is 1.04 bits per heavy atom. The van der Waals surface area contributed by atoms with Crippen molar-refractivity contribution in [1.29, 1.82) is 0 Å². The van der Waals surface area contributed by atoms with Crippen LogP contribution in [-0.4, -0.2) is 50.3 Å². The molecule has 1 aliphatic rings. The zero-order chi connectivity index (χ0) is 19.1. The van der Waals surface area contributed by atoms with Crippen molar-refractivity contribution in [3.05, 3.63) is 12.1 Å². The number of esters is 2. The summed E-state index contributed by atoms with van der Waals surface area (Å²) in [7, 11) is 3.90. The lowest BCUT2D eigenvalue weighted by Crippen LogP contribution is -2.28. The molecule has 0 bridgehead atoms. The van der Waals surface area contributed by atoms with Gasteiger partial charge in [-0.1, -0.05) is 0 Å². The number of pyridine rings is 1. The molecule has 142 valence electrons. The van der Waals surface area contributed by atoms with Crippen LogP contribution < -0.4 is 14.8 Å². The van der Waals surface area contributed by atoms with Gasteiger partial charge >= 0.3 is 17.8 Å². The van der Waals surface area contributed by atoms with Gasteiger partial charge < -0.3 is 24.3 Å². The molecule has 0 aliphatic heterocycles. The SMILES string of the molecule is COC(=O)C(=O)Nc1ccc(O[C@H]2CC[C@H](C(=O)OC)CC2)nc1OC. The smallest absolute Gasteiger partial charge is 0.396 e. The van der Waals surface area contributed by atoms with Gasteiger partial charge in [0.05, 0.1) is 27.2 Å². The third-order valence-corrected chi connectivity index (χ3v) is 4.14. The van der Waals surface area contributed by atoms with E-state index in [0.717, 1.165) is 7.11 Å². The fourth-order valence-corrected chi connectivity index (χ4v) is 2.76. The van der Waals surface area contributed by atoms with Gasteiger partial charge in [-0.3, -0.25) is 9.59 Å². The highest BCUT2D eigenvalue weighted by Crippen LogP contribution is 2.30. The molecule has 1 aliphatic carbocycles. The van der Waals surface area contributed by atoms with E-state index in [9.17, 15) is 14.4 Å². The minimum absolute atomic E-state index is 0.0661. The quantitative estimate of drug-likeness (QED) is 0.613. The molecule has 1 aromatic rings. The molecule has 0 aromatic carbocycles. The highest BCUT2D eigenvalue weighted by atomic mass is 16.5. The molecular weight excluding hydrogens is 344 g/mol. The summed E-state index contributed by atoms with van der Waals surface area (Å²) in [5, 5.41) is 2.36. The molecule has 0 unspecified atom stereocenters. The van der Waals surface area contributed by atoms with Gasteiger partial charge in [-0.05, 0) is 31.7 Å². The molecule has 1 amide bonds. The number of anilines is 1. The molecule has 1 N–H and O–H groups in total. The van der Waals surface area contributed by atoms with Crippen LogP contribution in [0.25, 0.3) is 0 Å². The average molecular weight is 366 g/mol. The Morgan fingerprint density at radius 3 is 2.31 bits per heavy atom. The van der Waals surface area contributed by atoms with E-state index < -0.39 is 11.9 Å². The lowest BCUT2D eigenvalue weighted by Gasteiger charge is -2.27. The van der Waals surface area contributed by atoms with Crippen molar-refractivity contribution in [2.75, 3.05) is 26.6 Å². The number of methoxy groups -OCH3 is 3. The summed E-state index contributed by atoms with van der Waals surface area (Å²) >= 11 is 0. The molecule has 0 spiro atoms. The number of amides is 1. The summed E-state index contributed by atoms with van der Waals surface area (Å²) in [6, 6.07) is 3.10. The number of nitrogens with zero attached hydrogens (tertiary/aromatic N) is 1. The number of hydrogen-bond acceptors (Lipinski definition) is 8. The van der Waals surface area contributed by atoms with E-state index >= 15 is 0 Å². The van der Waals surface area contributed by atoms with Gasteiger partial charge in [-0.25, -0.2) is 4.79 Å². The van der Waals surface area contributed by atoms with E-state index in [2.05, 4.69) is 15.0 Å². The number of hydrogen-bond donors (Lipinski definition) is 1. The second-order valence-corrected chi connectivity index (χ2v) is 5.77. The third-order valence-electron chi connectivity index (χ3n) is 4.14. The van der Waals surface area contributed by atoms with Crippen molar-refractivity contribution >= 4 is 23.5 Å². The van der Waals surface area contributed by atoms with Gasteiger partial charge in [0, 0.05) is 6.07 Å². The summed E-state index contributed by atoms with van der Waals surface area (Å²) in [6.45, 7) is 0. The van der Waals surface area contributed by atoms with E-state index in [1.165, 1.54) is 20.3 Å². The van der Waals surface area contributed by atoms with E-state index in [0.29, 0.717) is 31.6 Å². The second kappa shape index (κ2) is 9.02. The van der Waals surface area contributed by atoms with Gasteiger partial charge in [0.1, 0.15) is 11.8 Å². The van der Waals surface area contributed by atoms with Crippen molar-refractivity contribution in [3.63, 3.8) is 0 Å². The topological polar surface area (TPSA) is 113 Å². The van der Waals surface area contributed by atoms with E-state index in [-0.39, 0.29) is 29.6 Å². The average Bonchev–Trinajstić information content (AvgIpc) is 2.68. The van der Waals surface area contributed by atoms with Gasteiger partial charge in [-0.15, -0.1) is 0 Å². The largest absolute Gasteiger partial charge is 0.479 e. The molecule has 2 rings (SSSR count). The Bertz CT molecular complexity index is 669. The maximum Gasteiger partial charge on any atom is 0.396 e. The zero-order valence-electron chi connectivity index (χ0n) is 14.9. The van der Waals surface area contributed by atoms with Crippen LogP contribution in [0.4, 0.5) is 5.69 Å². The lowest BCUT2D eigenvalue weighted by atomic mass is 9.87. The van der Waals surface area contributed by atoms with Crippen molar-refractivity contribution in [2.45, 2.75) is 31.8 Å². The van der Waals surface area contributed by atoms with E-state index in [1.54, 1.807) is 6.07 Å². The van der Waals surface area contributed by atoms with Crippen LogP contribution in [0.5, 0.6) is 11.8 Å². The first kappa shape index (κ1) is 19.5. The van der Waals surface area contributed by atoms with Gasteiger partial charge in [-0.2, -0.15) is 4.98 Å². The first-order chi connectivity index (χ1) is 12.5. The Labute approximate surface area is 151 Å². The van der Waals surface area contributed by atoms with Crippen molar-refractivity contribution in [1.82, 2.24) is 4.98 Å². The van der Waals surface area contributed by atoms with E-state index in [4.69, 9.17) is 14.2 Å². The molecule has 1 saturated carbocycles. The number of rotatable bonds is 5. The van der Waals surface area contributed by atoms with Crippen molar-refractivity contribution in [2.24, 2.45) is 5.92 Å². The van der Waals surface area contributed by atoms with Gasteiger partial charge in [0.15, 0.2) is 0 Å². The number of nitrogens with one attached hydrogen (secondary N) is 1. The van der Waals surface area contributed by atoms with Crippen molar-refractivity contribution < 1.29 is 33.3 Å². The van der Waals surface area contributed by atoms with Crippen LogP contribution >= 0.6 is 0 Å². The summed E-state index contributed by atoms with van der Waals surface area (Å²) in [5.41, 5.74) is 0.227. The summed E-state index contributed by atoms with van der Waals surface area (Å²) < 4.78 is 20.1. The molecule has 1 fully saturated rings. The second-order valence-electron chi connectivity index (χ2n) is 5.77. The molecule has 9 nitrogen and oxygen atoms in total. The number of carbonyl (C=O) groups excluding carboxylic acids is 3. The van der Waals surface area contributed by atoms with Crippen LogP contribution in [0.2, 0.25) is 0 Å². The third kappa shape index (κ3) is 4.84. The lowest BCUT2D eigenvalue weighted by molar-refractivity contribution is -0.150. The van der Waals surface area contributed by atoms with Crippen molar-refractivity contribution in [3.8, 4) is 11.8 Å². The van der Waals surface area contributed by atoms with Gasteiger partial charge in [0.25, 0.3) is 0 Å². The highest BCUT2D eigenvalue weighted by Gasteiger charge is 2.28. The molecule has 1 heterocycles. The van der Waals surface area contributed by atoms with Gasteiger partial charge in [0.2, 0.25) is 11.8 Å². The fraction of sp³-hybridized carbons (Fsp3) is 0.529. The predicted octanol–water partition coefficient (Wildman–Crippen LogP) is 1.31. The molecule has 1 aromatic heterocycles. The highest BCUT2D eigenvalue weighted by molar-refractivity contribution is 6.37. The first-order valence-electron chi connectivity index (χ1n) is 8.17. The normalized spacial score (nSPS) is 19.2. The molecule has 9 heteroatoms. The molecule has 26 heavy (non-hydrogen) atoms. The molecule has 0 saturated heterocycles. The molecule has 0 atom stereocenters. The Balaban J connectivity index is 1.98. The van der Waals surface area contributed by atoms with Crippen LogP contribution in [-0.2, 0) is 23.9 Å².